The number of fused-ring (bicyclic) bond motifs is 1. The maximum Gasteiger partial charge on any atom is 0.125 e. The molecule has 2 heterocycles. The lowest BCUT2D eigenvalue weighted by molar-refractivity contribution is 0.288. The third-order valence-electron chi connectivity index (χ3n) is 4.20. The Hall–Kier alpha value is -1.06. The second-order valence-electron chi connectivity index (χ2n) is 5.88. The molecule has 3 rings (SSSR count). The summed E-state index contributed by atoms with van der Waals surface area (Å²) in [5, 5.41) is 0. The van der Waals surface area contributed by atoms with Gasteiger partial charge in [0.1, 0.15) is 5.82 Å². The highest BCUT2D eigenvalue weighted by molar-refractivity contribution is 6.16. The van der Waals surface area contributed by atoms with Gasteiger partial charge in [-0.2, -0.15) is 0 Å². The molecular formula is C16H22ClN3. The van der Waals surface area contributed by atoms with Crippen molar-refractivity contribution in [1.29, 1.82) is 0 Å². The summed E-state index contributed by atoms with van der Waals surface area (Å²) >= 11 is 6.11. The molecule has 1 atom stereocenters. The van der Waals surface area contributed by atoms with Crippen LogP contribution in [0, 0.1) is 6.92 Å². The van der Waals surface area contributed by atoms with Crippen molar-refractivity contribution in [2.45, 2.75) is 38.6 Å². The lowest BCUT2D eigenvalue weighted by Crippen LogP contribution is -2.27. The predicted molar refractivity (Wildman–Crippen MR) is 84.4 cm³/mol. The van der Waals surface area contributed by atoms with Gasteiger partial charge in [0.05, 0.1) is 16.9 Å². The van der Waals surface area contributed by atoms with E-state index in [1.54, 1.807) is 0 Å². The molecule has 0 bridgehead atoms. The third-order valence-corrected chi connectivity index (χ3v) is 4.44. The van der Waals surface area contributed by atoms with Crippen LogP contribution in [-0.4, -0.2) is 34.1 Å². The molecule has 108 valence electrons. The largest absolute Gasteiger partial charge is 0.323 e. The Kier molecular flexibility index (Phi) is 3.99. The molecule has 0 amide bonds. The van der Waals surface area contributed by atoms with Gasteiger partial charge in [-0.25, -0.2) is 4.98 Å². The number of hydrogen-bond acceptors (Lipinski definition) is 2. The van der Waals surface area contributed by atoms with Crippen LogP contribution in [0.25, 0.3) is 11.0 Å². The minimum atomic E-state index is 0.412. The summed E-state index contributed by atoms with van der Waals surface area (Å²) in [6.07, 6.45) is 2.66. The second kappa shape index (κ2) is 5.74. The van der Waals surface area contributed by atoms with Gasteiger partial charge in [0.25, 0.3) is 0 Å². The number of benzene rings is 1. The van der Waals surface area contributed by atoms with Crippen molar-refractivity contribution in [3.8, 4) is 0 Å². The van der Waals surface area contributed by atoms with E-state index in [1.807, 2.05) is 0 Å². The Morgan fingerprint density at radius 2 is 2.05 bits per heavy atom. The second-order valence-corrected chi connectivity index (χ2v) is 6.15. The summed E-state index contributed by atoms with van der Waals surface area (Å²) in [5.74, 6) is 1.46. The minimum Gasteiger partial charge on any atom is -0.323 e. The summed E-state index contributed by atoms with van der Waals surface area (Å²) in [6, 6.07) is 6.88. The lowest BCUT2D eigenvalue weighted by Gasteiger charge is -2.23. The number of rotatable bonds is 4. The van der Waals surface area contributed by atoms with Gasteiger partial charge in [-0.1, -0.05) is 6.07 Å². The molecule has 3 nitrogen and oxygen atoms in total. The van der Waals surface area contributed by atoms with Gasteiger partial charge in [0, 0.05) is 12.6 Å². The van der Waals surface area contributed by atoms with Gasteiger partial charge in [0.15, 0.2) is 0 Å². The molecular weight excluding hydrogens is 270 g/mol. The molecule has 0 saturated carbocycles. The van der Waals surface area contributed by atoms with Crippen molar-refractivity contribution in [3.63, 3.8) is 0 Å². The van der Waals surface area contributed by atoms with E-state index in [9.17, 15) is 0 Å². The first-order valence-corrected chi connectivity index (χ1v) is 7.98. The molecule has 2 aromatic rings. The average Bonchev–Trinajstić information content (AvgIpc) is 3.04. The molecule has 1 aromatic carbocycles. The highest BCUT2D eigenvalue weighted by Gasteiger charge is 2.19. The Bertz CT molecular complexity index is 599. The summed E-state index contributed by atoms with van der Waals surface area (Å²) in [6.45, 7) is 7.92. The van der Waals surface area contributed by atoms with E-state index in [4.69, 9.17) is 16.6 Å². The zero-order valence-corrected chi connectivity index (χ0v) is 13.0. The number of aromatic nitrogens is 2. The van der Waals surface area contributed by atoms with Crippen LogP contribution in [0.2, 0.25) is 0 Å². The van der Waals surface area contributed by atoms with E-state index in [1.165, 1.54) is 37.0 Å². The first-order valence-electron chi connectivity index (χ1n) is 7.45. The highest BCUT2D eigenvalue weighted by atomic mass is 35.5. The smallest absolute Gasteiger partial charge is 0.125 e. The predicted octanol–water partition coefficient (Wildman–Crippen LogP) is 3.74. The van der Waals surface area contributed by atoms with E-state index in [0.29, 0.717) is 11.9 Å². The number of halogens is 1. The Morgan fingerprint density at radius 3 is 2.75 bits per heavy atom. The standard InChI is InChI=1S/C16H22ClN3/c1-12-5-6-15-14(9-12)18-16(10-17)20(15)13(2)11-19-7-3-4-8-19/h5-6,9,13H,3-4,7-8,10-11H2,1-2H3. The summed E-state index contributed by atoms with van der Waals surface area (Å²) in [7, 11) is 0. The van der Waals surface area contributed by atoms with Crippen molar-refractivity contribution in [2.24, 2.45) is 0 Å². The summed E-state index contributed by atoms with van der Waals surface area (Å²) < 4.78 is 2.32. The van der Waals surface area contributed by atoms with Crippen molar-refractivity contribution in [2.75, 3.05) is 19.6 Å². The number of alkyl halides is 1. The Morgan fingerprint density at radius 1 is 1.30 bits per heavy atom. The van der Waals surface area contributed by atoms with Gasteiger partial charge in [0.2, 0.25) is 0 Å². The molecule has 4 heteroatoms. The highest BCUT2D eigenvalue weighted by Crippen LogP contribution is 2.24. The Labute approximate surface area is 125 Å². The molecule has 1 aliphatic heterocycles. The van der Waals surface area contributed by atoms with Crippen molar-refractivity contribution in [1.82, 2.24) is 14.5 Å². The molecule has 1 aromatic heterocycles. The van der Waals surface area contributed by atoms with Crippen LogP contribution in [0.15, 0.2) is 18.2 Å². The maximum atomic E-state index is 6.11. The SMILES string of the molecule is Cc1ccc2c(c1)nc(CCl)n2C(C)CN1CCCC1. The van der Waals surface area contributed by atoms with Crippen LogP contribution in [-0.2, 0) is 5.88 Å². The van der Waals surface area contributed by atoms with Crippen molar-refractivity contribution in [3.05, 3.63) is 29.6 Å². The molecule has 20 heavy (non-hydrogen) atoms. The van der Waals surface area contributed by atoms with Gasteiger partial charge in [-0.15, -0.1) is 11.6 Å². The third kappa shape index (κ3) is 2.57. The molecule has 0 spiro atoms. The zero-order valence-electron chi connectivity index (χ0n) is 12.3. The van der Waals surface area contributed by atoms with Crippen LogP contribution < -0.4 is 0 Å². The monoisotopic (exact) mass is 291 g/mol. The van der Waals surface area contributed by atoms with Crippen molar-refractivity contribution < 1.29 is 0 Å². The van der Waals surface area contributed by atoms with E-state index < -0.39 is 0 Å². The molecule has 0 radical (unpaired) electrons. The minimum absolute atomic E-state index is 0.412. The van der Waals surface area contributed by atoms with Crippen molar-refractivity contribution >= 4 is 22.6 Å². The molecule has 0 aliphatic carbocycles. The van der Waals surface area contributed by atoms with Gasteiger partial charge in [-0.05, 0) is 57.5 Å². The van der Waals surface area contributed by atoms with E-state index >= 15 is 0 Å². The first-order chi connectivity index (χ1) is 9.69. The summed E-state index contributed by atoms with van der Waals surface area (Å²) in [4.78, 5) is 7.24. The topological polar surface area (TPSA) is 21.1 Å². The maximum absolute atomic E-state index is 6.11. The van der Waals surface area contributed by atoms with Crippen LogP contribution in [0.3, 0.4) is 0 Å². The van der Waals surface area contributed by atoms with Crippen LogP contribution in [0.1, 0.15) is 37.2 Å². The van der Waals surface area contributed by atoms with Gasteiger partial charge < -0.3 is 9.47 Å². The molecule has 1 aliphatic rings. The van der Waals surface area contributed by atoms with Crippen LogP contribution in [0.4, 0.5) is 0 Å². The quantitative estimate of drug-likeness (QED) is 0.800. The van der Waals surface area contributed by atoms with Crippen LogP contribution in [0.5, 0.6) is 0 Å². The number of aryl methyl sites for hydroxylation is 1. The number of nitrogens with zero attached hydrogens (tertiary/aromatic N) is 3. The fourth-order valence-corrected chi connectivity index (χ4v) is 3.45. The molecule has 1 fully saturated rings. The van der Waals surface area contributed by atoms with Gasteiger partial charge >= 0.3 is 0 Å². The first kappa shape index (κ1) is 13.9. The van der Waals surface area contributed by atoms with Gasteiger partial charge in [-0.3, -0.25) is 0 Å². The average molecular weight is 292 g/mol. The molecule has 1 saturated heterocycles. The zero-order chi connectivity index (χ0) is 14.1. The fraction of sp³-hybridized carbons (Fsp3) is 0.562. The van der Waals surface area contributed by atoms with Crippen LogP contribution >= 0.6 is 11.6 Å². The normalized spacial score (nSPS) is 17.9. The lowest BCUT2D eigenvalue weighted by atomic mass is 10.2. The number of hydrogen-bond donors (Lipinski definition) is 0. The fourth-order valence-electron chi connectivity index (χ4n) is 3.27. The van der Waals surface area contributed by atoms with E-state index in [0.717, 1.165) is 17.9 Å². The molecule has 0 N–H and O–H groups in total. The molecule has 1 unspecified atom stereocenters. The van der Waals surface area contributed by atoms with E-state index in [2.05, 4.69) is 41.5 Å². The van der Waals surface area contributed by atoms with E-state index in [-0.39, 0.29) is 0 Å². The number of likely N-dealkylation sites (tertiary alicyclic amines) is 1. The summed E-state index contributed by atoms with van der Waals surface area (Å²) in [5.41, 5.74) is 3.52. The number of imidazole rings is 1. The Balaban J connectivity index is 1.95.